The zero-order valence-electron chi connectivity index (χ0n) is 14.0. The van der Waals surface area contributed by atoms with Crippen LogP contribution >= 0.6 is 0 Å². The summed E-state index contributed by atoms with van der Waals surface area (Å²) in [5, 5.41) is 2.79. The van der Waals surface area contributed by atoms with E-state index in [0.717, 1.165) is 0 Å². The van der Waals surface area contributed by atoms with E-state index < -0.39 is 0 Å². The molecule has 130 valence electrons. The van der Waals surface area contributed by atoms with Crippen LogP contribution in [0.15, 0.2) is 22.8 Å². The molecule has 0 aliphatic carbocycles. The van der Waals surface area contributed by atoms with Crippen LogP contribution in [-0.4, -0.2) is 56.7 Å². The van der Waals surface area contributed by atoms with Gasteiger partial charge in [-0.2, -0.15) is 0 Å². The van der Waals surface area contributed by atoms with Crippen LogP contribution in [0.4, 0.5) is 0 Å². The summed E-state index contributed by atoms with van der Waals surface area (Å²) >= 11 is 0. The van der Waals surface area contributed by atoms with Crippen molar-refractivity contribution < 1.29 is 23.5 Å². The van der Waals surface area contributed by atoms with Gasteiger partial charge in [-0.05, 0) is 19.1 Å². The highest BCUT2D eigenvalue weighted by atomic mass is 16.5. The molecule has 0 fully saturated rings. The van der Waals surface area contributed by atoms with Gasteiger partial charge in [0.15, 0.2) is 0 Å². The maximum absolute atomic E-state index is 12.1. The lowest BCUT2D eigenvalue weighted by atomic mass is 10.1. The van der Waals surface area contributed by atoms with Gasteiger partial charge in [0.05, 0.1) is 39.0 Å². The van der Waals surface area contributed by atoms with Crippen LogP contribution in [0.3, 0.4) is 0 Å². The highest BCUT2D eigenvalue weighted by Gasteiger charge is 2.19. The summed E-state index contributed by atoms with van der Waals surface area (Å²) in [6.07, 6.45) is 1.56. The van der Waals surface area contributed by atoms with E-state index in [2.05, 4.69) is 5.32 Å². The Hall–Kier alpha value is -1.86. The van der Waals surface area contributed by atoms with E-state index in [4.69, 9.17) is 13.9 Å². The Kier molecular flexibility index (Phi) is 9.01. The smallest absolute Gasteiger partial charge is 0.309 e. The Morgan fingerprint density at radius 3 is 2.83 bits per heavy atom. The monoisotopic (exact) mass is 326 g/mol. The van der Waals surface area contributed by atoms with Gasteiger partial charge in [-0.15, -0.1) is 0 Å². The fourth-order valence-corrected chi connectivity index (χ4v) is 2.09. The van der Waals surface area contributed by atoms with Crippen molar-refractivity contribution in [3.05, 3.63) is 24.2 Å². The lowest BCUT2D eigenvalue weighted by Gasteiger charge is -2.24. The van der Waals surface area contributed by atoms with Crippen molar-refractivity contribution in [3.8, 4) is 0 Å². The Labute approximate surface area is 136 Å². The van der Waals surface area contributed by atoms with Crippen LogP contribution in [0.2, 0.25) is 0 Å². The topological polar surface area (TPSA) is 81.0 Å². The number of rotatable bonds is 11. The van der Waals surface area contributed by atoms with Crippen molar-refractivity contribution in [2.45, 2.75) is 20.4 Å². The standard InChI is InChI=1S/C16H26N2O5/c1-4-22-9-7-18(11-13(2)16(20)21-3)12-15(19)17-10-14-6-5-8-23-14/h5-6,8,13H,4,7,9-12H2,1-3H3,(H,17,19)/t13-/m0/s1. The first-order chi connectivity index (χ1) is 11.1. The first kappa shape index (κ1) is 19.2. The van der Waals surface area contributed by atoms with Crippen molar-refractivity contribution in [3.63, 3.8) is 0 Å². The summed E-state index contributed by atoms with van der Waals surface area (Å²) in [5.74, 6) is -0.0287. The van der Waals surface area contributed by atoms with Gasteiger partial charge in [0.25, 0.3) is 0 Å². The molecule has 1 aromatic heterocycles. The Morgan fingerprint density at radius 2 is 2.22 bits per heavy atom. The number of amides is 1. The van der Waals surface area contributed by atoms with Crippen LogP contribution in [0, 0.1) is 5.92 Å². The summed E-state index contributed by atoms with van der Waals surface area (Å²) in [6.45, 7) is 6.36. The van der Waals surface area contributed by atoms with Gasteiger partial charge in [-0.3, -0.25) is 14.5 Å². The molecule has 0 spiro atoms. The number of carbonyl (C=O) groups is 2. The van der Waals surface area contributed by atoms with Crippen molar-refractivity contribution >= 4 is 11.9 Å². The number of nitrogens with one attached hydrogen (secondary N) is 1. The molecule has 0 unspecified atom stereocenters. The molecule has 1 heterocycles. The largest absolute Gasteiger partial charge is 0.469 e. The van der Waals surface area contributed by atoms with Crippen molar-refractivity contribution in [2.75, 3.05) is 40.0 Å². The summed E-state index contributed by atoms with van der Waals surface area (Å²) in [4.78, 5) is 25.5. The van der Waals surface area contributed by atoms with E-state index in [9.17, 15) is 9.59 Å². The number of furan rings is 1. The first-order valence-corrected chi connectivity index (χ1v) is 7.73. The third kappa shape index (κ3) is 7.80. The average Bonchev–Trinajstić information content (AvgIpc) is 3.05. The molecule has 0 aliphatic heterocycles. The number of esters is 1. The lowest BCUT2D eigenvalue weighted by Crippen LogP contribution is -2.42. The second-order valence-electron chi connectivity index (χ2n) is 5.21. The second-order valence-corrected chi connectivity index (χ2v) is 5.21. The molecule has 0 bridgehead atoms. The summed E-state index contributed by atoms with van der Waals surface area (Å²) in [5.41, 5.74) is 0. The van der Waals surface area contributed by atoms with E-state index in [-0.39, 0.29) is 24.3 Å². The maximum atomic E-state index is 12.1. The van der Waals surface area contributed by atoms with Crippen LogP contribution in [0.5, 0.6) is 0 Å². The molecule has 1 atom stereocenters. The van der Waals surface area contributed by atoms with E-state index in [0.29, 0.717) is 38.6 Å². The molecule has 1 N–H and O–H groups in total. The molecule has 1 aromatic rings. The first-order valence-electron chi connectivity index (χ1n) is 7.73. The minimum Gasteiger partial charge on any atom is -0.469 e. The van der Waals surface area contributed by atoms with Gasteiger partial charge in [-0.25, -0.2) is 0 Å². The number of nitrogens with zero attached hydrogens (tertiary/aromatic N) is 1. The second kappa shape index (κ2) is 10.8. The van der Waals surface area contributed by atoms with Gasteiger partial charge >= 0.3 is 5.97 Å². The Bertz CT molecular complexity index is 461. The summed E-state index contributed by atoms with van der Waals surface area (Å²) in [7, 11) is 1.36. The predicted octanol–water partition coefficient (Wildman–Crippen LogP) is 1.04. The Balaban J connectivity index is 2.45. The summed E-state index contributed by atoms with van der Waals surface area (Å²) in [6, 6.07) is 3.57. The number of methoxy groups -OCH3 is 1. The number of hydrogen-bond acceptors (Lipinski definition) is 6. The normalized spacial score (nSPS) is 12.2. The predicted molar refractivity (Wildman–Crippen MR) is 84.7 cm³/mol. The number of carbonyl (C=O) groups excluding carboxylic acids is 2. The zero-order chi connectivity index (χ0) is 17.1. The lowest BCUT2D eigenvalue weighted by molar-refractivity contribution is -0.145. The minimum absolute atomic E-state index is 0.130. The molecule has 0 radical (unpaired) electrons. The molecule has 1 rings (SSSR count). The van der Waals surface area contributed by atoms with Crippen LogP contribution in [-0.2, 0) is 25.6 Å². The zero-order valence-corrected chi connectivity index (χ0v) is 14.0. The Morgan fingerprint density at radius 1 is 1.43 bits per heavy atom. The maximum Gasteiger partial charge on any atom is 0.309 e. The van der Waals surface area contributed by atoms with E-state index in [1.165, 1.54) is 7.11 Å². The molecule has 0 saturated heterocycles. The van der Waals surface area contributed by atoms with Crippen LogP contribution in [0.1, 0.15) is 19.6 Å². The fraction of sp³-hybridized carbons (Fsp3) is 0.625. The highest BCUT2D eigenvalue weighted by molar-refractivity contribution is 5.78. The molecular formula is C16H26N2O5. The molecule has 23 heavy (non-hydrogen) atoms. The van der Waals surface area contributed by atoms with Crippen molar-refractivity contribution in [1.82, 2.24) is 10.2 Å². The molecule has 7 nitrogen and oxygen atoms in total. The summed E-state index contributed by atoms with van der Waals surface area (Å²) < 4.78 is 15.2. The van der Waals surface area contributed by atoms with Gasteiger partial charge in [0.1, 0.15) is 5.76 Å². The van der Waals surface area contributed by atoms with E-state index in [1.54, 1.807) is 25.3 Å². The van der Waals surface area contributed by atoms with Gasteiger partial charge in [0.2, 0.25) is 5.91 Å². The molecular weight excluding hydrogens is 300 g/mol. The quantitative estimate of drug-likeness (QED) is 0.483. The van der Waals surface area contributed by atoms with E-state index >= 15 is 0 Å². The third-order valence-corrected chi connectivity index (χ3v) is 3.30. The van der Waals surface area contributed by atoms with Gasteiger partial charge < -0.3 is 19.2 Å². The van der Waals surface area contributed by atoms with Gasteiger partial charge in [-0.1, -0.05) is 6.92 Å². The number of ether oxygens (including phenoxy) is 2. The molecule has 0 saturated carbocycles. The molecule has 0 aliphatic rings. The average molecular weight is 326 g/mol. The third-order valence-electron chi connectivity index (χ3n) is 3.30. The van der Waals surface area contributed by atoms with Gasteiger partial charge in [0, 0.05) is 19.7 Å². The molecule has 7 heteroatoms. The number of hydrogen-bond donors (Lipinski definition) is 1. The molecule has 1 amide bonds. The highest BCUT2D eigenvalue weighted by Crippen LogP contribution is 2.03. The van der Waals surface area contributed by atoms with E-state index in [1.807, 2.05) is 11.8 Å². The molecule has 0 aromatic carbocycles. The fourth-order valence-electron chi connectivity index (χ4n) is 2.09. The van der Waals surface area contributed by atoms with Crippen LogP contribution in [0.25, 0.3) is 0 Å². The van der Waals surface area contributed by atoms with Crippen molar-refractivity contribution in [2.24, 2.45) is 5.92 Å². The van der Waals surface area contributed by atoms with Crippen molar-refractivity contribution in [1.29, 1.82) is 0 Å². The SMILES string of the molecule is CCOCCN(CC(=O)NCc1ccco1)C[C@H](C)C(=O)OC. The minimum atomic E-state index is -0.306. The van der Waals surface area contributed by atoms with Crippen LogP contribution < -0.4 is 5.32 Å².